The molecule has 25 heavy (non-hydrogen) atoms. The van der Waals surface area contributed by atoms with E-state index < -0.39 is 0 Å². The van der Waals surface area contributed by atoms with Crippen LogP contribution in [0.4, 0.5) is 5.69 Å². The summed E-state index contributed by atoms with van der Waals surface area (Å²) in [6, 6.07) is 24.1. The zero-order chi connectivity index (χ0) is 17.6. The lowest BCUT2D eigenvalue weighted by atomic mass is 9.98. The minimum absolute atomic E-state index is 0.452. The van der Waals surface area contributed by atoms with E-state index in [1.54, 1.807) is 0 Å². The standard InChI is InChI=1S/C23H23NO/c1-17(2)22-11-7-8-18(3)23(22)24-16-19-12-14-21(15-13-19)25-20-9-5-4-6-10-20/h4-17H,1-3H3. The molecule has 0 bridgehead atoms. The van der Waals surface area contributed by atoms with E-state index in [2.05, 4.69) is 39.0 Å². The van der Waals surface area contributed by atoms with E-state index in [4.69, 9.17) is 9.73 Å². The molecule has 3 aromatic rings. The van der Waals surface area contributed by atoms with Crippen LogP contribution < -0.4 is 4.74 Å². The molecule has 0 radical (unpaired) electrons. The Morgan fingerprint density at radius 1 is 0.800 bits per heavy atom. The number of hydrogen-bond acceptors (Lipinski definition) is 2. The van der Waals surface area contributed by atoms with Crippen LogP contribution in [0.3, 0.4) is 0 Å². The lowest BCUT2D eigenvalue weighted by Crippen LogP contribution is -1.91. The molecule has 0 fully saturated rings. The monoisotopic (exact) mass is 329 g/mol. The summed E-state index contributed by atoms with van der Waals surface area (Å²) in [4.78, 5) is 4.75. The summed E-state index contributed by atoms with van der Waals surface area (Å²) < 4.78 is 5.82. The smallest absolute Gasteiger partial charge is 0.127 e. The molecular weight excluding hydrogens is 306 g/mol. The number of rotatable bonds is 5. The van der Waals surface area contributed by atoms with E-state index >= 15 is 0 Å². The van der Waals surface area contributed by atoms with Crippen LogP contribution in [0.1, 0.15) is 36.5 Å². The van der Waals surface area contributed by atoms with Crippen molar-refractivity contribution in [3.63, 3.8) is 0 Å². The molecular formula is C23H23NO. The van der Waals surface area contributed by atoms with Crippen LogP contribution in [0, 0.1) is 6.92 Å². The minimum Gasteiger partial charge on any atom is -0.457 e. The van der Waals surface area contributed by atoms with Crippen molar-refractivity contribution >= 4 is 11.9 Å². The SMILES string of the molecule is Cc1cccc(C(C)C)c1N=Cc1ccc(Oc2ccccc2)cc1. The van der Waals surface area contributed by atoms with Crippen molar-refractivity contribution in [1.82, 2.24) is 0 Å². The van der Waals surface area contributed by atoms with Gasteiger partial charge in [-0.1, -0.05) is 50.2 Å². The van der Waals surface area contributed by atoms with Crippen LogP contribution in [0.5, 0.6) is 11.5 Å². The first-order valence-corrected chi connectivity index (χ1v) is 8.60. The van der Waals surface area contributed by atoms with E-state index in [-0.39, 0.29) is 0 Å². The molecule has 0 saturated heterocycles. The zero-order valence-corrected chi connectivity index (χ0v) is 14.9. The molecule has 3 rings (SSSR count). The van der Waals surface area contributed by atoms with Crippen molar-refractivity contribution in [2.45, 2.75) is 26.7 Å². The molecule has 2 nitrogen and oxygen atoms in total. The minimum atomic E-state index is 0.452. The lowest BCUT2D eigenvalue weighted by molar-refractivity contribution is 0.482. The fourth-order valence-electron chi connectivity index (χ4n) is 2.71. The molecule has 0 saturated carbocycles. The molecule has 0 unspecified atom stereocenters. The highest BCUT2D eigenvalue weighted by Crippen LogP contribution is 2.30. The first-order valence-electron chi connectivity index (χ1n) is 8.60. The van der Waals surface area contributed by atoms with Crippen LogP contribution >= 0.6 is 0 Å². The van der Waals surface area contributed by atoms with Gasteiger partial charge in [-0.25, -0.2) is 0 Å². The highest BCUT2D eigenvalue weighted by Gasteiger charge is 2.07. The summed E-state index contributed by atoms with van der Waals surface area (Å²) in [5.41, 5.74) is 4.60. The van der Waals surface area contributed by atoms with Crippen LogP contribution in [0.25, 0.3) is 0 Å². The Morgan fingerprint density at radius 2 is 1.48 bits per heavy atom. The summed E-state index contributed by atoms with van der Waals surface area (Å²) in [6.45, 7) is 6.50. The fraction of sp³-hybridized carbons (Fsp3) is 0.174. The van der Waals surface area contributed by atoms with Crippen molar-refractivity contribution in [3.8, 4) is 11.5 Å². The molecule has 0 atom stereocenters. The Morgan fingerprint density at radius 3 is 2.16 bits per heavy atom. The van der Waals surface area contributed by atoms with E-state index in [9.17, 15) is 0 Å². The average molecular weight is 329 g/mol. The predicted octanol–water partition coefficient (Wildman–Crippen LogP) is 6.66. The molecule has 0 amide bonds. The molecule has 3 aromatic carbocycles. The third-order valence-corrected chi connectivity index (χ3v) is 4.09. The van der Waals surface area contributed by atoms with E-state index in [1.165, 1.54) is 11.1 Å². The van der Waals surface area contributed by atoms with Crippen LogP contribution in [0.15, 0.2) is 77.8 Å². The van der Waals surface area contributed by atoms with Crippen molar-refractivity contribution < 1.29 is 4.74 Å². The maximum Gasteiger partial charge on any atom is 0.127 e. The lowest BCUT2D eigenvalue weighted by Gasteiger charge is -2.11. The van der Waals surface area contributed by atoms with Gasteiger partial charge in [-0.15, -0.1) is 0 Å². The number of nitrogens with zero attached hydrogens (tertiary/aromatic N) is 1. The van der Waals surface area contributed by atoms with Gasteiger partial charge >= 0.3 is 0 Å². The summed E-state index contributed by atoms with van der Waals surface area (Å²) in [6.07, 6.45) is 1.92. The second-order valence-corrected chi connectivity index (χ2v) is 6.41. The maximum atomic E-state index is 5.82. The number of benzene rings is 3. The average Bonchev–Trinajstić information content (AvgIpc) is 2.62. The van der Waals surface area contributed by atoms with Gasteiger partial charge in [0.15, 0.2) is 0 Å². The first kappa shape index (κ1) is 17.0. The summed E-state index contributed by atoms with van der Waals surface area (Å²) in [5, 5.41) is 0. The number of para-hydroxylation sites is 2. The third-order valence-electron chi connectivity index (χ3n) is 4.09. The Labute approximate surface area is 149 Å². The number of aryl methyl sites for hydroxylation is 1. The number of hydrogen-bond donors (Lipinski definition) is 0. The molecule has 2 heteroatoms. The van der Waals surface area contributed by atoms with Gasteiger partial charge < -0.3 is 4.74 Å². The molecule has 126 valence electrons. The Balaban J connectivity index is 1.77. The molecule has 0 aliphatic carbocycles. The molecule has 0 aliphatic heterocycles. The predicted molar refractivity (Wildman–Crippen MR) is 105 cm³/mol. The molecule has 0 aliphatic rings. The van der Waals surface area contributed by atoms with Gasteiger partial charge in [0.2, 0.25) is 0 Å². The Kier molecular flexibility index (Phi) is 5.30. The van der Waals surface area contributed by atoms with Crippen LogP contribution in [-0.2, 0) is 0 Å². The fourth-order valence-corrected chi connectivity index (χ4v) is 2.71. The van der Waals surface area contributed by atoms with Crippen molar-refractivity contribution in [2.75, 3.05) is 0 Å². The van der Waals surface area contributed by atoms with E-state index in [0.29, 0.717) is 5.92 Å². The molecule has 0 spiro atoms. The summed E-state index contributed by atoms with van der Waals surface area (Å²) in [7, 11) is 0. The van der Waals surface area contributed by atoms with Gasteiger partial charge in [-0.05, 0) is 65.9 Å². The number of aliphatic imine (C=N–C) groups is 1. The Hall–Kier alpha value is -2.87. The quantitative estimate of drug-likeness (QED) is 0.479. The third kappa shape index (κ3) is 4.36. The largest absolute Gasteiger partial charge is 0.457 e. The van der Waals surface area contributed by atoms with Gasteiger partial charge in [0, 0.05) is 6.21 Å². The van der Waals surface area contributed by atoms with Crippen LogP contribution in [-0.4, -0.2) is 6.21 Å². The van der Waals surface area contributed by atoms with Crippen molar-refractivity contribution in [3.05, 3.63) is 89.5 Å². The van der Waals surface area contributed by atoms with Crippen molar-refractivity contribution in [1.29, 1.82) is 0 Å². The maximum absolute atomic E-state index is 5.82. The van der Waals surface area contributed by atoms with Gasteiger partial charge in [-0.3, -0.25) is 4.99 Å². The van der Waals surface area contributed by atoms with Gasteiger partial charge in [0.25, 0.3) is 0 Å². The first-order chi connectivity index (χ1) is 12.1. The normalized spacial score (nSPS) is 11.2. The summed E-state index contributed by atoms with van der Waals surface area (Å²) >= 11 is 0. The second kappa shape index (κ2) is 7.80. The topological polar surface area (TPSA) is 21.6 Å². The van der Waals surface area contributed by atoms with Gasteiger partial charge in [-0.2, -0.15) is 0 Å². The highest BCUT2D eigenvalue weighted by atomic mass is 16.5. The molecule has 0 heterocycles. The van der Waals surface area contributed by atoms with E-state index in [0.717, 1.165) is 22.7 Å². The van der Waals surface area contributed by atoms with Crippen molar-refractivity contribution in [2.24, 2.45) is 4.99 Å². The zero-order valence-electron chi connectivity index (χ0n) is 14.9. The number of ether oxygens (including phenoxy) is 1. The Bertz CT molecular complexity index is 849. The highest BCUT2D eigenvalue weighted by molar-refractivity contribution is 5.83. The molecule has 0 N–H and O–H groups in total. The summed E-state index contributed by atoms with van der Waals surface area (Å²) in [5.74, 6) is 2.11. The molecule has 0 aromatic heterocycles. The van der Waals surface area contributed by atoms with Gasteiger partial charge in [0.05, 0.1) is 5.69 Å². The second-order valence-electron chi connectivity index (χ2n) is 6.41. The van der Waals surface area contributed by atoms with Crippen LogP contribution in [0.2, 0.25) is 0 Å². The van der Waals surface area contributed by atoms with E-state index in [1.807, 2.05) is 60.8 Å². The van der Waals surface area contributed by atoms with Gasteiger partial charge in [0.1, 0.15) is 11.5 Å².